The highest BCUT2D eigenvalue weighted by Gasteiger charge is 2.24. The van der Waals surface area contributed by atoms with Crippen molar-refractivity contribution < 1.29 is 4.42 Å². The van der Waals surface area contributed by atoms with E-state index in [9.17, 15) is 4.79 Å². The molecule has 2 aliphatic rings. The zero-order valence-corrected chi connectivity index (χ0v) is 13.5. The molecule has 0 saturated carbocycles. The first-order valence-electron chi connectivity index (χ1n) is 7.49. The quantitative estimate of drug-likeness (QED) is 0.465. The molecule has 2 aromatic carbocycles. The molecule has 0 spiro atoms. The number of fused-ring (bicyclic) bond motifs is 4. The maximum Gasteiger partial charge on any atom is 0.286 e. The summed E-state index contributed by atoms with van der Waals surface area (Å²) in [6, 6.07) is 15.4. The van der Waals surface area contributed by atoms with Crippen molar-refractivity contribution >= 4 is 32.5 Å². The molecule has 0 N–H and O–H groups in total. The van der Waals surface area contributed by atoms with E-state index in [2.05, 4.69) is 10.1 Å². The van der Waals surface area contributed by atoms with E-state index in [0.29, 0.717) is 22.1 Å². The molecule has 24 heavy (non-hydrogen) atoms. The van der Waals surface area contributed by atoms with Gasteiger partial charge in [0.2, 0.25) is 5.13 Å². The smallest absolute Gasteiger partial charge is 0.286 e. The van der Waals surface area contributed by atoms with E-state index in [4.69, 9.17) is 4.42 Å². The average molecular weight is 333 g/mol. The van der Waals surface area contributed by atoms with Crippen LogP contribution in [0.1, 0.15) is 5.76 Å². The monoisotopic (exact) mass is 333 g/mol. The van der Waals surface area contributed by atoms with E-state index in [1.807, 2.05) is 48.5 Å². The molecule has 5 nitrogen and oxygen atoms in total. The number of hydrogen-bond acceptors (Lipinski definition) is 5. The molecule has 0 amide bonds. The minimum Gasteiger partial charge on any atom is -0.460 e. The van der Waals surface area contributed by atoms with Gasteiger partial charge < -0.3 is 4.42 Å². The Morgan fingerprint density at radius 1 is 1.08 bits per heavy atom. The first-order chi connectivity index (χ1) is 11.7. The second-order valence-electron chi connectivity index (χ2n) is 5.56. The molecule has 2 aliphatic heterocycles. The lowest BCUT2D eigenvalue weighted by Crippen LogP contribution is -2.14. The molecule has 3 heterocycles. The lowest BCUT2D eigenvalue weighted by Gasteiger charge is -2.04. The van der Waals surface area contributed by atoms with Gasteiger partial charge in [0.1, 0.15) is 22.6 Å². The summed E-state index contributed by atoms with van der Waals surface area (Å²) in [6.45, 7) is 1.79. The molecule has 6 heteroatoms. The lowest BCUT2D eigenvalue weighted by molar-refractivity contribution is 0.567. The molecule has 5 rings (SSSR count). The van der Waals surface area contributed by atoms with Crippen molar-refractivity contribution in [1.29, 1.82) is 0 Å². The van der Waals surface area contributed by atoms with Crippen molar-refractivity contribution in [3.05, 3.63) is 64.6 Å². The van der Waals surface area contributed by atoms with Gasteiger partial charge in [-0.15, -0.1) is 0 Å². The van der Waals surface area contributed by atoms with Crippen LogP contribution < -0.4 is 5.56 Å². The number of aryl methyl sites for hydroxylation is 1. The summed E-state index contributed by atoms with van der Waals surface area (Å²) in [7, 11) is 0. The number of para-hydroxylation sites is 2. The SMILES string of the molecule is Cc1oc2ccccc2c2nn(-c3nc4ccccc4s3)c(=O)c1-2. The van der Waals surface area contributed by atoms with Gasteiger partial charge in [-0.25, -0.2) is 4.98 Å². The normalized spacial score (nSPS) is 11.7. The summed E-state index contributed by atoms with van der Waals surface area (Å²) >= 11 is 1.45. The van der Waals surface area contributed by atoms with E-state index in [0.717, 1.165) is 21.2 Å². The highest BCUT2D eigenvalue weighted by Crippen LogP contribution is 2.32. The third kappa shape index (κ3) is 1.77. The molecule has 0 saturated heterocycles. The Hall–Kier alpha value is -2.99. The van der Waals surface area contributed by atoms with Crippen LogP contribution in [0.2, 0.25) is 0 Å². The molecular formula is C18H11N3O2S. The molecule has 0 aliphatic carbocycles. The van der Waals surface area contributed by atoms with E-state index in [1.165, 1.54) is 16.0 Å². The van der Waals surface area contributed by atoms with Gasteiger partial charge in [0.05, 0.1) is 10.2 Å². The molecule has 0 unspecified atom stereocenters. The van der Waals surface area contributed by atoms with Crippen molar-refractivity contribution in [3.8, 4) is 16.4 Å². The largest absolute Gasteiger partial charge is 0.460 e. The second-order valence-corrected chi connectivity index (χ2v) is 6.57. The van der Waals surface area contributed by atoms with E-state index < -0.39 is 0 Å². The molecule has 116 valence electrons. The number of hydrogen-bond donors (Lipinski definition) is 0. The summed E-state index contributed by atoms with van der Waals surface area (Å²) in [6.07, 6.45) is 0. The number of thiazole rings is 1. The van der Waals surface area contributed by atoms with Gasteiger partial charge in [0, 0.05) is 5.39 Å². The molecule has 0 atom stereocenters. The molecule has 0 bridgehead atoms. The molecule has 0 fully saturated rings. The highest BCUT2D eigenvalue weighted by molar-refractivity contribution is 7.20. The number of nitrogens with zero attached hydrogens (tertiary/aromatic N) is 3. The Balaban J connectivity index is 1.88. The summed E-state index contributed by atoms with van der Waals surface area (Å²) in [5.41, 5.74) is 2.54. The minimum absolute atomic E-state index is 0.198. The third-order valence-corrected chi connectivity index (χ3v) is 5.08. The lowest BCUT2D eigenvalue weighted by atomic mass is 10.1. The van der Waals surface area contributed by atoms with Crippen LogP contribution in [0.4, 0.5) is 0 Å². The van der Waals surface area contributed by atoms with Gasteiger partial charge in [-0.1, -0.05) is 35.6 Å². The summed E-state index contributed by atoms with van der Waals surface area (Å²) in [5.74, 6) is 0.570. The van der Waals surface area contributed by atoms with E-state index in [-0.39, 0.29) is 5.56 Å². The van der Waals surface area contributed by atoms with Crippen LogP contribution in [0.5, 0.6) is 0 Å². The Morgan fingerprint density at radius 3 is 2.75 bits per heavy atom. The first kappa shape index (κ1) is 13.4. The Kier molecular flexibility index (Phi) is 2.66. The Bertz CT molecular complexity index is 1220. The van der Waals surface area contributed by atoms with Gasteiger partial charge in [-0.3, -0.25) is 4.79 Å². The summed E-state index contributed by atoms with van der Waals surface area (Å²) in [4.78, 5) is 17.4. The standard InChI is InChI=1S/C18H11N3O2S/c1-10-15-16(11-6-2-4-8-13(11)23-10)20-21(17(15)22)18-19-12-7-3-5-9-14(12)24-18/h2-9H,1H3. The fourth-order valence-corrected chi connectivity index (χ4v) is 3.87. The topological polar surface area (TPSA) is 60.9 Å². The number of benzene rings is 2. The van der Waals surface area contributed by atoms with Crippen molar-refractivity contribution in [1.82, 2.24) is 14.8 Å². The van der Waals surface area contributed by atoms with E-state index in [1.54, 1.807) is 6.92 Å². The fraction of sp³-hybridized carbons (Fsp3) is 0.0556. The van der Waals surface area contributed by atoms with Crippen LogP contribution in [0.15, 0.2) is 57.7 Å². The molecule has 1 aromatic heterocycles. The highest BCUT2D eigenvalue weighted by atomic mass is 32.1. The van der Waals surface area contributed by atoms with Gasteiger partial charge in [0.25, 0.3) is 5.56 Å². The van der Waals surface area contributed by atoms with E-state index >= 15 is 0 Å². The maximum absolute atomic E-state index is 12.9. The van der Waals surface area contributed by atoms with Gasteiger partial charge in [-0.05, 0) is 31.2 Å². The fourth-order valence-electron chi connectivity index (χ4n) is 2.96. The zero-order chi connectivity index (χ0) is 16.3. The van der Waals surface area contributed by atoms with Crippen molar-refractivity contribution in [2.24, 2.45) is 0 Å². The zero-order valence-electron chi connectivity index (χ0n) is 12.7. The number of rotatable bonds is 1. The van der Waals surface area contributed by atoms with Gasteiger partial charge in [0.15, 0.2) is 0 Å². The first-order valence-corrected chi connectivity index (χ1v) is 8.31. The Morgan fingerprint density at radius 2 is 1.88 bits per heavy atom. The predicted octanol–water partition coefficient (Wildman–Crippen LogP) is 4.00. The maximum atomic E-state index is 12.9. The van der Waals surface area contributed by atoms with Crippen LogP contribution in [-0.4, -0.2) is 14.8 Å². The van der Waals surface area contributed by atoms with Gasteiger partial charge in [-0.2, -0.15) is 9.78 Å². The average Bonchev–Trinajstić information content (AvgIpc) is 3.16. The number of aromatic nitrogens is 3. The Labute approximate surface area is 140 Å². The van der Waals surface area contributed by atoms with Crippen molar-refractivity contribution in [2.75, 3.05) is 0 Å². The second kappa shape index (κ2) is 4.75. The molecule has 0 radical (unpaired) electrons. The minimum atomic E-state index is -0.198. The van der Waals surface area contributed by atoms with Crippen molar-refractivity contribution in [3.63, 3.8) is 0 Å². The summed E-state index contributed by atoms with van der Waals surface area (Å²) < 4.78 is 8.20. The molecule has 3 aromatic rings. The van der Waals surface area contributed by atoms with Crippen LogP contribution in [0.3, 0.4) is 0 Å². The van der Waals surface area contributed by atoms with Crippen LogP contribution in [-0.2, 0) is 0 Å². The van der Waals surface area contributed by atoms with Crippen LogP contribution in [0.25, 0.3) is 37.6 Å². The summed E-state index contributed by atoms with van der Waals surface area (Å²) in [5, 5.41) is 5.96. The molecular weight excluding hydrogens is 322 g/mol. The van der Waals surface area contributed by atoms with Crippen molar-refractivity contribution in [2.45, 2.75) is 6.92 Å². The third-order valence-electron chi connectivity index (χ3n) is 4.06. The van der Waals surface area contributed by atoms with Gasteiger partial charge >= 0.3 is 0 Å². The van der Waals surface area contributed by atoms with Crippen LogP contribution >= 0.6 is 11.3 Å². The predicted molar refractivity (Wildman–Crippen MR) is 94.1 cm³/mol. The van der Waals surface area contributed by atoms with Crippen LogP contribution in [0, 0.1) is 6.92 Å².